The number of Topliss-reactive ketones (excluding diaryl/α,β-unsaturated/α-hetero) is 1. The third kappa shape index (κ3) is 3.89. The van der Waals surface area contributed by atoms with Crippen LogP contribution >= 0.6 is 23.1 Å². The number of likely N-dealkylation sites (tertiary alicyclic amines) is 1. The summed E-state index contributed by atoms with van der Waals surface area (Å²) in [6.45, 7) is 4.86. The van der Waals surface area contributed by atoms with E-state index in [1.54, 1.807) is 16.7 Å². The zero-order valence-corrected chi connectivity index (χ0v) is 19.9. The van der Waals surface area contributed by atoms with Crippen molar-refractivity contribution < 1.29 is 19.5 Å². The quantitative estimate of drug-likeness (QED) is 0.511. The number of carboxylic acid groups (broad SMARTS) is 1. The summed E-state index contributed by atoms with van der Waals surface area (Å²) in [5.41, 5.74) is 2.95. The van der Waals surface area contributed by atoms with Gasteiger partial charge in [-0.25, -0.2) is 9.78 Å². The van der Waals surface area contributed by atoms with Gasteiger partial charge in [0.15, 0.2) is 5.78 Å². The first-order valence-corrected chi connectivity index (χ1v) is 12.4. The van der Waals surface area contributed by atoms with E-state index in [1.807, 2.05) is 44.2 Å². The van der Waals surface area contributed by atoms with E-state index in [0.717, 1.165) is 21.7 Å². The largest absolute Gasteiger partial charge is 0.465 e. The molecule has 0 atom stereocenters. The number of thioether (sulfide) groups is 1. The molecule has 0 unspecified atom stereocenters. The van der Waals surface area contributed by atoms with Crippen LogP contribution in [0.4, 0.5) is 9.80 Å². The average molecular weight is 482 g/mol. The molecule has 1 fully saturated rings. The lowest BCUT2D eigenvalue weighted by Gasteiger charge is -2.43. The maximum atomic E-state index is 13.6. The van der Waals surface area contributed by atoms with Crippen molar-refractivity contribution in [1.82, 2.24) is 9.88 Å². The number of amides is 2. The van der Waals surface area contributed by atoms with Gasteiger partial charge in [-0.3, -0.25) is 14.9 Å². The van der Waals surface area contributed by atoms with E-state index in [-0.39, 0.29) is 16.4 Å². The van der Waals surface area contributed by atoms with Gasteiger partial charge in [-0.1, -0.05) is 29.5 Å². The molecule has 9 heteroatoms. The van der Waals surface area contributed by atoms with Gasteiger partial charge in [-0.15, -0.1) is 11.8 Å². The summed E-state index contributed by atoms with van der Waals surface area (Å²) < 4.78 is -0.198. The highest BCUT2D eigenvalue weighted by Gasteiger charge is 2.43. The minimum Gasteiger partial charge on any atom is -0.465 e. The second-order valence-corrected chi connectivity index (χ2v) is 11.2. The molecule has 2 N–H and O–H groups in total. The summed E-state index contributed by atoms with van der Waals surface area (Å²) in [7, 11) is 0. The Morgan fingerprint density at radius 3 is 2.64 bits per heavy atom. The number of carbonyl (C=O) groups excluding carboxylic acids is 2. The fourth-order valence-corrected chi connectivity index (χ4v) is 7.18. The van der Waals surface area contributed by atoms with E-state index >= 15 is 0 Å². The number of nitrogens with zero attached hydrogens (tertiary/aromatic N) is 2. The minimum absolute atomic E-state index is 0.165. The molecule has 5 rings (SSSR count). The van der Waals surface area contributed by atoms with Crippen LogP contribution in [0.25, 0.3) is 10.2 Å². The molecule has 0 saturated carbocycles. The van der Waals surface area contributed by atoms with Crippen molar-refractivity contribution in [3.05, 3.63) is 52.7 Å². The van der Waals surface area contributed by atoms with Crippen LogP contribution in [0.2, 0.25) is 0 Å². The summed E-state index contributed by atoms with van der Waals surface area (Å²) in [4.78, 5) is 45.7. The van der Waals surface area contributed by atoms with Crippen LogP contribution in [0.5, 0.6) is 0 Å². The number of carbonyl (C=O) groups is 3. The lowest BCUT2D eigenvalue weighted by atomic mass is 9.87. The van der Waals surface area contributed by atoms with Gasteiger partial charge in [0.1, 0.15) is 9.83 Å². The standard InChI is InChI=1S/C24H23N3O4S2/c1-13-11-16-19(21(26-23(30)31)32-20(16)25-14(13)2)22(29)27-9-7-24(8-10-27)12-17(28)15-5-3-4-6-18(15)33-24/h3-6,11,26H,7-10,12H2,1-2H3,(H,30,31). The summed E-state index contributed by atoms with van der Waals surface area (Å²) >= 11 is 2.94. The molecule has 3 aromatic rings. The van der Waals surface area contributed by atoms with Gasteiger partial charge in [0.25, 0.3) is 5.91 Å². The van der Waals surface area contributed by atoms with Crippen LogP contribution in [0.15, 0.2) is 35.2 Å². The number of pyridine rings is 1. The number of benzene rings is 1. The van der Waals surface area contributed by atoms with Crippen LogP contribution in [-0.2, 0) is 0 Å². The Labute approximate surface area is 199 Å². The molecule has 170 valence electrons. The number of thiophene rings is 1. The predicted octanol–water partition coefficient (Wildman–Crippen LogP) is 5.36. The third-order valence-electron chi connectivity index (χ3n) is 6.52. The SMILES string of the molecule is Cc1cc2c(C(=O)N3CCC4(CC3)CC(=O)c3ccccc3S4)c(NC(=O)O)sc2nc1C. The maximum absolute atomic E-state index is 13.6. The molecule has 1 aromatic carbocycles. The number of hydrogen-bond acceptors (Lipinski definition) is 6. The molecular weight excluding hydrogens is 458 g/mol. The van der Waals surface area contributed by atoms with Crippen LogP contribution in [0, 0.1) is 13.8 Å². The first-order chi connectivity index (χ1) is 15.8. The molecule has 0 radical (unpaired) electrons. The number of rotatable bonds is 2. The molecule has 2 amide bonds. The predicted molar refractivity (Wildman–Crippen MR) is 130 cm³/mol. The van der Waals surface area contributed by atoms with Crippen molar-refractivity contribution in [3.63, 3.8) is 0 Å². The molecule has 0 bridgehead atoms. The fourth-order valence-electron chi connectivity index (χ4n) is 4.61. The highest BCUT2D eigenvalue weighted by molar-refractivity contribution is 8.01. The molecule has 1 saturated heterocycles. The molecular formula is C24H23N3O4S2. The number of piperidine rings is 1. The second-order valence-electron chi connectivity index (χ2n) is 8.65. The Bertz CT molecular complexity index is 1310. The molecule has 7 nitrogen and oxygen atoms in total. The molecule has 2 aliphatic heterocycles. The Morgan fingerprint density at radius 1 is 1.18 bits per heavy atom. The Kier molecular flexibility index (Phi) is 5.41. The van der Waals surface area contributed by atoms with Crippen molar-refractivity contribution in [2.45, 2.75) is 42.8 Å². The molecule has 1 spiro atoms. The normalized spacial score (nSPS) is 17.3. The van der Waals surface area contributed by atoms with Gasteiger partial charge in [-0.2, -0.15) is 0 Å². The first kappa shape index (κ1) is 21.9. The van der Waals surface area contributed by atoms with Crippen molar-refractivity contribution >= 4 is 56.1 Å². The van der Waals surface area contributed by atoms with E-state index in [2.05, 4.69) is 10.3 Å². The number of aryl methyl sites for hydroxylation is 2. The lowest BCUT2D eigenvalue weighted by molar-refractivity contribution is 0.0699. The van der Waals surface area contributed by atoms with Gasteiger partial charge in [0.2, 0.25) is 0 Å². The van der Waals surface area contributed by atoms with Crippen LogP contribution in [-0.4, -0.2) is 50.6 Å². The van der Waals surface area contributed by atoms with E-state index in [4.69, 9.17) is 0 Å². The third-order valence-corrected chi connectivity index (χ3v) is 9.10. The Hall–Kier alpha value is -2.91. The first-order valence-electron chi connectivity index (χ1n) is 10.8. The van der Waals surface area contributed by atoms with Crippen molar-refractivity contribution in [2.75, 3.05) is 18.4 Å². The van der Waals surface area contributed by atoms with Gasteiger partial charge < -0.3 is 10.0 Å². The zero-order valence-electron chi connectivity index (χ0n) is 18.3. The number of anilines is 1. The smallest absolute Gasteiger partial charge is 0.409 e. The highest BCUT2D eigenvalue weighted by Crippen LogP contribution is 2.49. The Morgan fingerprint density at radius 2 is 1.91 bits per heavy atom. The number of nitrogens with one attached hydrogen (secondary N) is 1. The van der Waals surface area contributed by atoms with Gasteiger partial charge in [0, 0.05) is 45.8 Å². The van der Waals surface area contributed by atoms with Crippen molar-refractivity contribution in [3.8, 4) is 0 Å². The van der Waals surface area contributed by atoms with Crippen LogP contribution < -0.4 is 5.32 Å². The number of aromatic nitrogens is 1. The monoisotopic (exact) mass is 481 g/mol. The van der Waals surface area contributed by atoms with E-state index in [0.29, 0.717) is 53.1 Å². The molecule has 33 heavy (non-hydrogen) atoms. The van der Waals surface area contributed by atoms with Crippen molar-refractivity contribution in [2.24, 2.45) is 0 Å². The second kappa shape index (κ2) is 8.14. The Balaban J connectivity index is 1.42. The topological polar surface area (TPSA) is 99.6 Å². The van der Waals surface area contributed by atoms with Crippen LogP contribution in [0.1, 0.15) is 51.2 Å². The van der Waals surface area contributed by atoms with Crippen molar-refractivity contribution in [1.29, 1.82) is 0 Å². The molecule has 2 aromatic heterocycles. The summed E-state index contributed by atoms with van der Waals surface area (Å²) in [6, 6.07) is 9.63. The van der Waals surface area contributed by atoms with E-state index in [1.165, 1.54) is 11.3 Å². The maximum Gasteiger partial charge on any atom is 0.409 e. The van der Waals surface area contributed by atoms with E-state index < -0.39 is 6.09 Å². The van der Waals surface area contributed by atoms with Gasteiger partial charge in [0.05, 0.1) is 5.56 Å². The molecule has 0 aliphatic carbocycles. The number of fused-ring (bicyclic) bond motifs is 2. The number of hydrogen-bond donors (Lipinski definition) is 2. The minimum atomic E-state index is -1.21. The molecule has 2 aliphatic rings. The summed E-state index contributed by atoms with van der Waals surface area (Å²) in [5, 5.41) is 12.7. The van der Waals surface area contributed by atoms with Gasteiger partial charge in [-0.05, 0) is 44.4 Å². The average Bonchev–Trinajstić information content (AvgIpc) is 3.10. The lowest BCUT2D eigenvalue weighted by Crippen LogP contribution is -2.47. The summed E-state index contributed by atoms with van der Waals surface area (Å²) in [5.74, 6) is -0.0322. The zero-order chi connectivity index (χ0) is 23.3. The van der Waals surface area contributed by atoms with E-state index in [9.17, 15) is 19.5 Å². The fraction of sp³-hybridized carbons (Fsp3) is 0.333. The van der Waals surface area contributed by atoms with Gasteiger partial charge >= 0.3 is 6.09 Å². The summed E-state index contributed by atoms with van der Waals surface area (Å²) in [6.07, 6.45) is 0.692. The number of ketones is 1. The molecule has 4 heterocycles. The highest BCUT2D eigenvalue weighted by atomic mass is 32.2. The van der Waals surface area contributed by atoms with Crippen LogP contribution in [0.3, 0.4) is 0 Å².